The molecule has 2 aromatic heterocycles. The van der Waals surface area contributed by atoms with Gasteiger partial charge in [0.05, 0.1) is 33.2 Å². The molecule has 1 aliphatic heterocycles. The number of carbonyl (C=O) groups is 1. The smallest absolute Gasteiger partial charge is 0.248 e. The Kier molecular flexibility index (Phi) is 7.98. The summed E-state index contributed by atoms with van der Waals surface area (Å²) in [6.45, 7) is 0.790. The van der Waals surface area contributed by atoms with Gasteiger partial charge >= 0.3 is 0 Å². The topological polar surface area (TPSA) is 110 Å². The number of benzene rings is 2. The van der Waals surface area contributed by atoms with E-state index in [9.17, 15) is 9.90 Å². The molecule has 0 bridgehead atoms. The maximum absolute atomic E-state index is 12.2. The van der Waals surface area contributed by atoms with Crippen molar-refractivity contribution in [2.24, 2.45) is 0 Å². The summed E-state index contributed by atoms with van der Waals surface area (Å²) in [5.74, 6) is 1.47. The van der Waals surface area contributed by atoms with Gasteiger partial charge in [0, 0.05) is 17.6 Å². The van der Waals surface area contributed by atoms with E-state index >= 15 is 0 Å². The molecular weight excluding hydrogens is 514 g/mol. The van der Waals surface area contributed by atoms with E-state index in [1.165, 1.54) is 17.7 Å². The highest BCUT2D eigenvalue weighted by Gasteiger charge is 2.27. The zero-order valence-electron chi connectivity index (χ0n) is 20.0. The van der Waals surface area contributed by atoms with Crippen molar-refractivity contribution in [1.29, 1.82) is 0 Å². The minimum atomic E-state index is -0.496. The minimum absolute atomic E-state index is 0.0969. The first-order valence-electron chi connectivity index (χ1n) is 12.0. The summed E-state index contributed by atoms with van der Waals surface area (Å²) in [5.41, 5.74) is 4.06. The van der Waals surface area contributed by atoms with Gasteiger partial charge < -0.3 is 24.8 Å². The van der Waals surface area contributed by atoms with Gasteiger partial charge in [-0.05, 0) is 49.6 Å². The van der Waals surface area contributed by atoms with Gasteiger partial charge in [-0.25, -0.2) is 15.0 Å². The molecule has 1 fully saturated rings. The van der Waals surface area contributed by atoms with Gasteiger partial charge in [-0.1, -0.05) is 17.7 Å². The summed E-state index contributed by atoms with van der Waals surface area (Å²) in [5, 5.41) is 15.8. The summed E-state index contributed by atoms with van der Waals surface area (Å²) in [6.07, 6.45) is 4.26. The SMILES string of the molecule is O=C(CO)N1CCCC[C@@H]1COc1cccc2ncnc(Nc3ccc(OCc4cscn4)c(Cl)c3)c12. The highest BCUT2D eigenvalue weighted by atomic mass is 35.5. The molecule has 1 atom stereocenters. The zero-order valence-corrected chi connectivity index (χ0v) is 21.5. The molecule has 3 heterocycles. The molecule has 0 radical (unpaired) electrons. The number of halogens is 1. The van der Waals surface area contributed by atoms with Crippen LogP contribution in [0.1, 0.15) is 25.0 Å². The van der Waals surface area contributed by atoms with E-state index in [0.717, 1.165) is 41.5 Å². The van der Waals surface area contributed by atoms with Crippen molar-refractivity contribution < 1.29 is 19.4 Å². The van der Waals surface area contributed by atoms with Crippen molar-refractivity contribution in [2.75, 3.05) is 25.1 Å². The number of rotatable bonds is 9. The van der Waals surface area contributed by atoms with E-state index < -0.39 is 6.61 Å². The molecule has 4 aromatic rings. The van der Waals surface area contributed by atoms with E-state index in [0.29, 0.717) is 42.1 Å². The lowest BCUT2D eigenvalue weighted by Gasteiger charge is -2.35. The number of likely N-dealkylation sites (tertiary alicyclic amines) is 1. The van der Waals surface area contributed by atoms with Gasteiger partial charge in [-0.2, -0.15) is 0 Å². The summed E-state index contributed by atoms with van der Waals surface area (Å²) in [4.78, 5) is 27.0. The lowest BCUT2D eigenvalue weighted by atomic mass is 10.0. The number of anilines is 2. The van der Waals surface area contributed by atoms with Crippen molar-refractivity contribution in [1.82, 2.24) is 19.9 Å². The van der Waals surface area contributed by atoms with Crippen molar-refractivity contribution in [3.8, 4) is 11.5 Å². The first-order valence-corrected chi connectivity index (χ1v) is 13.3. The molecule has 37 heavy (non-hydrogen) atoms. The Balaban J connectivity index is 1.34. The van der Waals surface area contributed by atoms with Gasteiger partial charge in [0.1, 0.15) is 43.5 Å². The monoisotopic (exact) mass is 539 g/mol. The van der Waals surface area contributed by atoms with Crippen molar-refractivity contribution >= 4 is 51.3 Å². The van der Waals surface area contributed by atoms with Gasteiger partial charge in [-0.3, -0.25) is 4.79 Å². The Morgan fingerprint density at radius 2 is 2.08 bits per heavy atom. The normalized spacial score (nSPS) is 15.5. The lowest BCUT2D eigenvalue weighted by Crippen LogP contribution is -2.47. The van der Waals surface area contributed by atoms with Gasteiger partial charge in [0.2, 0.25) is 5.91 Å². The predicted molar refractivity (Wildman–Crippen MR) is 143 cm³/mol. The third kappa shape index (κ3) is 5.93. The van der Waals surface area contributed by atoms with Crippen LogP contribution in [0, 0.1) is 0 Å². The average molecular weight is 540 g/mol. The number of thiazole rings is 1. The van der Waals surface area contributed by atoms with E-state index in [2.05, 4.69) is 20.3 Å². The Hall–Kier alpha value is -3.47. The maximum Gasteiger partial charge on any atom is 0.248 e. The highest BCUT2D eigenvalue weighted by molar-refractivity contribution is 7.07. The molecule has 0 spiro atoms. The Bertz CT molecular complexity index is 1370. The Morgan fingerprint density at radius 3 is 2.89 bits per heavy atom. The number of aliphatic hydroxyl groups is 1. The van der Waals surface area contributed by atoms with Gasteiger partial charge in [-0.15, -0.1) is 11.3 Å². The summed E-state index contributed by atoms with van der Waals surface area (Å²) >= 11 is 8.00. The molecule has 2 N–H and O–H groups in total. The van der Waals surface area contributed by atoms with Crippen LogP contribution in [0.3, 0.4) is 0 Å². The zero-order chi connectivity index (χ0) is 25.6. The predicted octanol–water partition coefficient (Wildman–Crippen LogP) is 4.81. The van der Waals surface area contributed by atoms with Crippen LogP contribution in [-0.2, 0) is 11.4 Å². The Labute approximate surface area is 223 Å². The second kappa shape index (κ2) is 11.7. The van der Waals surface area contributed by atoms with Crippen LogP contribution in [0.4, 0.5) is 11.5 Å². The maximum atomic E-state index is 12.2. The fourth-order valence-electron chi connectivity index (χ4n) is 4.37. The number of aromatic nitrogens is 3. The number of hydrogen-bond acceptors (Lipinski definition) is 9. The molecule has 2 aromatic carbocycles. The molecule has 9 nitrogen and oxygen atoms in total. The first kappa shape index (κ1) is 25.2. The van der Waals surface area contributed by atoms with E-state index in [1.54, 1.807) is 22.5 Å². The molecule has 5 rings (SSSR count). The molecule has 1 saturated heterocycles. The second-order valence-electron chi connectivity index (χ2n) is 8.62. The van der Waals surface area contributed by atoms with Crippen molar-refractivity contribution in [2.45, 2.75) is 31.9 Å². The van der Waals surface area contributed by atoms with Crippen LogP contribution < -0.4 is 14.8 Å². The number of piperidine rings is 1. The molecule has 1 amide bonds. The van der Waals surface area contributed by atoms with E-state index in [1.807, 2.05) is 29.6 Å². The highest BCUT2D eigenvalue weighted by Crippen LogP contribution is 2.34. The first-order chi connectivity index (χ1) is 18.1. The van der Waals surface area contributed by atoms with Crippen LogP contribution in [0.2, 0.25) is 5.02 Å². The van der Waals surface area contributed by atoms with E-state index in [4.69, 9.17) is 21.1 Å². The van der Waals surface area contributed by atoms with Crippen molar-refractivity contribution in [3.05, 3.63) is 64.3 Å². The molecule has 0 saturated carbocycles. The average Bonchev–Trinajstić information content (AvgIpc) is 3.45. The molecule has 11 heteroatoms. The number of carbonyl (C=O) groups excluding carboxylic acids is 1. The number of nitrogens with one attached hydrogen (secondary N) is 1. The third-order valence-corrected chi connectivity index (χ3v) is 7.12. The molecule has 0 unspecified atom stereocenters. The van der Waals surface area contributed by atoms with Crippen LogP contribution in [0.15, 0.2) is 53.6 Å². The molecule has 192 valence electrons. The van der Waals surface area contributed by atoms with Gasteiger partial charge in [0.25, 0.3) is 0 Å². The summed E-state index contributed by atoms with van der Waals surface area (Å²) < 4.78 is 12.0. The standard InChI is InChI=1S/C26H26ClN5O4S/c27-20-10-17(7-8-22(20)35-12-18-14-37-16-30-18)31-26-25-21(28-15-29-26)5-3-6-23(25)36-13-19-4-1-2-9-32(19)24(34)11-33/h3,5-8,10,14-16,19,33H,1-2,4,9,11-13H2,(H,28,29,31)/t19-/m1/s1. The van der Waals surface area contributed by atoms with Crippen LogP contribution >= 0.6 is 22.9 Å². The quantitative estimate of drug-likeness (QED) is 0.312. The lowest BCUT2D eigenvalue weighted by molar-refractivity contribution is -0.138. The molecule has 0 aliphatic carbocycles. The van der Waals surface area contributed by atoms with Crippen LogP contribution in [-0.4, -0.2) is 56.7 Å². The fourth-order valence-corrected chi connectivity index (χ4v) is 5.14. The number of fused-ring (bicyclic) bond motifs is 1. The summed E-state index contributed by atoms with van der Waals surface area (Å²) in [6, 6.07) is 11.0. The van der Waals surface area contributed by atoms with Crippen LogP contribution in [0.25, 0.3) is 10.9 Å². The Morgan fingerprint density at radius 1 is 1.16 bits per heavy atom. The van der Waals surface area contributed by atoms with E-state index in [-0.39, 0.29) is 11.9 Å². The number of ether oxygens (including phenoxy) is 2. The number of aliphatic hydroxyl groups excluding tert-OH is 1. The third-order valence-electron chi connectivity index (χ3n) is 6.19. The molecular formula is C26H26ClN5O4S. The van der Waals surface area contributed by atoms with Crippen molar-refractivity contribution in [3.63, 3.8) is 0 Å². The van der Waals surface area contributed by atoms with Gasteiger partial charge in [0.15, 0.2) is 0 Å². The summed E-state index contributed by atoms with van der Waals surface area (Å²) in [7, 11) is 0. The second-order valence-corrected chi connectivity index (χ2v) is 9.74. The molecule has 1 aliphatic rings. The number of nitrogens with zero attached hydrogens (tertiary/aromatic N) is 4. The largest absolute Gasteiger partial charge is 0.491 e. The fraction of sp³-hybridized carbons (Fsp3) is 0.308. The number of amides is 1. The minimum Gasteiger partial charge on any atom is -0.491 e. The number of hydrogen-bond donors (Lipinski definition) is 2. The van der Waals surface area contributed by atoms with Crippen LogP contribution in [0.5, 0.6) is 11.5 Å².